The van der Waals surface area contributed by atoms with Crippen molar-refractivity contribution in [3.05, 3.63) is 18.0 Å². The highest BCUT2D eigenvalue weighted by molar-refractivity contribution is 5.92. The van der Waals surface area contributed by atoms with Crippen molar-refractivity contribution in [1.82, 2.24) is 20.8 Å². The number of esters is 1. The molecule has 1 aromatic rings. The summed E-state index contributed by atoms with van der Waals surface area (Å²) in [5.74, 6) is 0.455. The zero-order chi connectivity index (χ0) is 21.3. The first-order chi connectivity index (χ1) is 14.6. The molecule has 2 unspecified atom stereocenters. The van der Waals surface area contributed by atoms with Crippen molar-refractivity contribution in [2.24, 2.45) is 5.92 Å². The first-order valence-electron chi connectivity index (χ1n) is 10.5. The molecule has 2 atom stereocenters. The van der Waals surface area contributed by atoms with E-state index in [-0.39, 0.29) is 17.9 Å². The van der Waals surface area contributed by atoms with Crippen LogP contribution >= 0.6 is 0 Å². The topological polar surface area (TPSA) is 115 Å². The van der Waals surface area contributed by atoms with Gasteiger partial charge in [0.25, 0.3) is 5.91 Å². The molecule has 2 aliphatic rings. The number of nitrogens with one attached hydrogen (secondary N) is 2. The number of hydrogen-bond acceptors (Lipinski definition) is 9. The van der Waals surface area contributed by atoms with Crippen LogP contribution in [0, 0.1) is 5.92 Å². The van der Waals surface area contributed by atoms with Crippen molar-refractivity contribution in [3.63, 3.8) is 0 Å². The molecule has 0 aliphatic carbocycles. The quantitative estimate of drug-likeness (QED) is 0.469. The van der Waals surface area contributed by atoms with Gasteiger partial charge in [-0.3, -0.25) is 9.59 Å². The lowest BCUT2D eigenvalue weighted by Gasteiger charge is -2.32. The zero-order valence-electron chi connectivity index (χ0n) is 17.6. The van der Waals surface area contributed by atoms with E-state index < -0.39 is 6.29 Å². The Bertz CT molecular complexity index is 687. The Labute approximate surface area is 176 Å². The SMILES string of the molecule is COC(=O)C(C)NCC1CCN(c2ncc(C(=O)NOC3CCCCO3)cn2)CC1. The number of piperidine rings is 1. The third kappa shape index (κ3) is 6.35. The Balaban J connectivity index is 1.41. The maximum Gasteiger partial charge on any atom is 0.322 e. The fourth-order valence-corrected chi connectivity index (χ4v) is 3.52. The molecule has 3 rings (SSSR count). The van der Waals surface area contributed by atoms with Gasteiger partial charge < -0.3 is 19.7 Å². The largest absolute Gasteiger partial charge is 0.468 e. The molecule has 0 radical (unpaired) electrons. The van der Waals surface area contributed by atoms with Crippen LogP contribution < -0.4 is 15.7 Å². The highest BCUT2D eigenvalue weighted by Crippen LogP contribution is 2.20. The van der Waals surface area contributed by atoms with Crippen molar-refractivity contribution in [3.8, 4) is 0 Å². The Morgan fingerprint density at radius 1 is 1.23 bits per heavy atom. The number of carbonyl (C=O) groups is 2. The number of rotatable bonds is 8. The Morgan fingerprint density at radius 3 is 2.60 bits per heavy atom. The molecule has 10 nitrogen and oxygen atoms in total. The smallest absolute Gasteiger partial charge is 0.322 e. The molecule has 1 amide bonds. The van der Waals surface area contributed by atoms with Crippen LogP contribution in [0.5, 0.6) is 0 Å². The van der Waals surface area contributed by atoms with Gasteiger partial charge in [-0.1, -0.05) is 0 Å². The average Bonchev–Trinajstić information content (AvgIpc) is 2.81. The maximum absolute atomic E-state index is 12.2. The lowest BCUT2D eigenvalue weighted by Crippen LogP contribution is -2.42. The van der Waals surface area contributed by atoms with Crippen LogP contribution in [-0.4, -0.2) is 67.5 Å². The highest BCUT2D eigenvalue weighted by Gasteiger charge is 2.23. The van der Waals surface area contributed by atoms with Crippen molar-refractivity contribution in [2.75, 3.05) is 38.3 Å². The van der Waals surface area contributed by atoms with E-state index in [0.717, 1.165) is 51.7 Å². The van der Waals surface area contributed by atoms with Gasteiger partial charge in [-0.15, -0.1) is 0 Å². The standard InChI is InChI=1S/C20H31N5O5/c1-14(19(27)28-2)21-11-15-6-8-25(9-7-15)20-22-12-16(13-23-20)18(26)24-30-17-5-3-4-10-29-17/h12-15,17,21H,3-11H2,1-2H3,(H,24,26). The van der Waals surface area contributed by atoms with Crippen LogP contribution in [0.1, 0.15) is 49.4 Å². The second-order valence-corrected chi connectivity index (χ2v) is 7.70. The minimum Gasteiger partial charge on any atom is -0.468 e. The van der Waals surface area contributed by atoms with Crippen LogP contribution in [0.15, 0.2) is 12.4 Å². The molecule has 166 valence electrons. The van der Waals surface area contributed by atoms with Gasteiger partial charge in [0.1, 0.15) is 6.04 Å². The van der Waals surface area contributed by atoms with Gasteiger partial charge in [-0.2, -0.15) is 0 Å². The molecule has 0 saturated carbocycles. The van der Waals surface area contributed by atoms with Gasteiger partial charge in [-0.25, -0.2) is 20.3 Å². The van der Waals surface area contributed by atoms with Crippen LogP contribution in [-0.2, 0) is 19.1 Å². The minimum atomic E-state index is -0.394. The Hall–Kier alpha value is -2.30. The number of nitrogens with zero attached hydrogens (tertiary/aromatic N) is 3. The lowest BCUT2D eigenvalue weighted by atomic mass is 9.96. The van der Waals surface area contributed by atoms with Crippen LogP contribution in [0.4, 0.5) is 5.95 Å². The Kier molecular flexibility index (Phi) is 8.35. The molecule has 2 saturated heterocycles. The number of methoxy groups -OCH3 is 1. The van der Waals surface area contributed by atoms with Crippen molar-refractivity contribution < 1.29 is 23.9 Å². The Morgan fingerprint density at radius 2 is 1.97 bits per heavy atom. The van der Waals surface area contributed by atoms with Gasteiger partial charge in [0.2, 0.25) is 5.95 Å². The number of carbonyl (C=O) groups excluding carboxylic acids is 2. The molecule has 0 aromatic carbocycles. The third-order valence-corrected chi connectivity index (χ3v) is 5.49. The first kappa shape index (κ1) is 22.4. The summed E-state index contributed by atoms with van der Waals surface area (Å²) >= 11 is 0. The molecule has 0 spiro atoms. The molecule has 2 aliphatic heterocycles. The zero-order valence-corrected chi connectivity index (χ0v) is 17.6. The minimum absolute atomic E-state index is 0.248. The van der Waals surface area contributed by atoms with E-state index in [1.807, 2.05) is 0 Å². The molecule has 10 heteroatoms. The van der Waals surface area contributed by atoms with Gasteiger partial charge in [0.15, 0.2) is 6.29 Å². The average molecular weight is 421 g/mol. The molecule has 3 heterocycles. The van der Waals surface area contributed by atoms with Gasteiger partial charge in [-0.05, 0) is 45.1 Å². The van der Waals surface area contributed by atoms with Crippen molar-refractivity contribution in [1.29, 1.82) is 0 Å². The number of hydroxylamine groups is 1. The van der Waals surface area contributed by atoms with E-state index in [4.69, 9.17) is 14.3 Å². The monoisotopic (exact) mass is 421 g/mol. The van der Waals surface area contributed by atoms with E-state index in [9.17, 15) is 9.59 Å². The summed E-state index contributed by atoms with van der Waals surface area (Å²) in [5, 5.41) is 3.22. The summed E-state index contributed by atoms with van der Waals surface area (Å²) in [7, 11) is 1.39. The lowest BCUT2D eigenvalue weighted by molar-refractivity contribution is -0.186. The summed E-state index contributed by atoms with van der Waals surface area (Å²) in [5.41, 5.74) is 2.75. The normalized spacial score (nSPS) is 21.1. The molecule has 2 fully saturated rings. The number of hydrogen-bond donors (Lipinski definition) is 2. The summed E-state index contributed by atoms with van der Waals surface area (Å²) in [4.78, 5) is 39.7. The second kappa shape index (κ2) is 11.2. The summed E-state index contributed by atoms with van der Waals surface area (Å²) in [6, 6.07) is -0.302. The van der Waals surface area contributed by atoms with Crippen LogP contribution in [0.2, 0.25) is 0 Å². The predicted molar refractivity (Wildman–Crippen MR) is 109 cm³/mol. The van der Waals surface area contributed by atoms with E-state index in [2.05, 4.69) is 25.7 Å². The van der Waals surface area contributed by atoms with Crippen molar-refractivity contribution in [2.45, 2.75) is 51.4 Å². The fourth-order valence-electron chi connectivity index (χ4n) is 3.52. The maximum atomic E-state index is 12.2. The number of aromatic nitrogens is 2. The fraction of sp³-hybridized carbons (Fsp3) is 0.700. The number of ether oxygens (including phenoxy) is 2. The van der Waals surface area contributed by atoms with Gasteiger partial charge in [0, 0.05) is 38.5 Å². The van der Waals surface area contributed by atoms with E-state index in [0.29, 0.717) is 24.0 Å². The highest BCUT2D eigenvalue weighted by atomic mass is 16.8. The van der Waals surface area contributed by atoms with Crippen LogP contribution in [0.25, 0.3) is 0 Å². The van der Waals surface area contributed by atoms with E-state index in [1.165, 1.54) is 19.5 Å². The third-order valence-electron chi connectivity index (χ3n) is 5.49. The summed E-state index contributed by atoms with van der Waals surface area (Å²) < 4.78 is 10.1. The van der Waals surface area contributed by atoms with Crippen molar-refractivity contribution >= 4 is 17.8 Å². The van der Waals surface area contributed by atoms with Gasteiger partial charge in [0.05, 0.1) is 12.7 Å². The first-order valence-corrected chi connectivity index (χ1v) is 10.5. The van der Waals surface area contributed by atoms with E-state index in [1.54, 1.807) is 6.92 Å². The predicted octanol–water partition coefficient (Wildman–Crippen LogP) is 1.03. The summed E-state index contributed by atoms with van der Waals surface area (Å²) in [6.07, 6.45) is 7.38. The molecule has 2 N–H and O–H groups in total. The molecular formula is C20H31N5O5. The molecule has 1 aromatic heterocycles. The van der Waals surface area contributed by atoms with E-state index >= 15 is 0 Å². The van der Waals surface area contributed by atoms with Gasteiger partial charge >= 0.3 is 5.97 Å². The number of anilines is 1. The second-order valence-electron chi connectivity index (χ2n) is 7.70. The molecule has 0 bridgehead atoms. The van der Waals surface area contributed by atoms with Crippen LogP contribution in [0.3, 0.4) is 0 Å². The summed E-state index contributed by atoms with van der Waals surface area (Å²) in [6.45, 7) is 4.88. The molecule has 30 heavy (non-hydrogen) atoms. The number of amides is 1. The molecular weight excluding hydrogens is 390 g/mol.